The molecular weight excluding hydrogens is 106 g/mol. The molecule has 0 fully saturated rings. The molecule has 1 nitrogen and oxygen atoms in total. The molecule has 0 saturated heterocycles. The topological polar surface area (TPSA) is 26.0 Å². The zero-order chi connectivity index (χ0) is 5.70. The van der Waals surface area contributed by atoms with Gasteiger partial charge in [0.15, 0.2) is 0 Å². The molecule has 0 aromatic carbocycles. The Hall–Kier alpha value is -0.630. The van der Waals surface area contributed by atoms with Crippen LogP contribution < -0.4 is 5.73 Å². The van der Waals surface area contributed by atoms with E-state index in [-0.39, 0.29) is 0 Å². The lowest BCUT2D eigenvalue weighted by atomic mass is 10.4. The fourth-order valence-corrected chi connectivity index (χ4v) is 0.304. The zero-order valence-electron chi connectivity index (χ0n) is 3.92. The Morgan fingerprint density at radius 2 is 2.29 bits per heavy atom. The van der Waals surface area contributed by atoms with E-state index in [0.717, 1.165) is 0 Å². The Morgan fingerprint density at radius 1 is 1.71 bits per heavy atom. The van der Waals surface area contributed by atoms with Gasteiger partial charge in [0.25, 0.3) is 0 Å². The molecule has 0 heterocycles. The Labute approximate surface area is 48.5 Å². The van der Waals surface area contributed by atoms with E-state index in [1.807, 2.05) is 0 Å². The fourth-order valence-electron chi connectivity index (χ4n) is 0.147. The molecule has 2 N–H and O–H groups in total. The summed E-state index contributed by atoms with van der Waals surface area (Å²) in [7, 11) is 0. The third-order valence-electron chi connectivity index (χ3n) is 0.496. The molecule has 0 aliphatic carbocycles. The highest BCUT2D eigenvalue weighted by Crippen LogP contribution is 1.78. The smallest absolute Gasteiger partial charge is 0.0316 e. The average Bonchev–Trinajstić information content (AvgIpc) is 1.68. The van der Waals surface area contributed by atoms with E-state index in [1.54, 1.807) is 12.2 Å². The summed E-state index contributed by atoms with van der Waals surface area (Å²) in [5, 5.41) is 1.46. The number of rotatable bonds is 2. The van der Waals surface area contributed by atoms with Crippen LogP contribution in [0.3, 0.4) is 0 Å². The van der Waals surface area contributed by atoms with E-state index in [4.69, 9.17) is 5.73 Å². The summed E-state index contributed by atoms with van der Waals surface area (Å²) < 4.78 is 0. The number of hydrogen-bond donors (Lipinski definition) is 1. The highest BCUT2D eigenvalue weighted by atomic mass is 32.1. The third-order valence-corrected chi connectivity index (χ3v) is 0.632. The molecule has 0 unspecified atom stereocenters. The minimum absolute atomic E-state index is 0.606. The lowest BCUT2D eigenvalue weighted by molar-refractivity contribution is 1.45. The summed E-state index contributed by atoms with van der Waals surface area (Å²) >= 11 is 4.47. The van der Waals surface area contributed by atoms with Crippen LogP contribution in [0.5, 0.6) is 0 Å². The average molecular weight is 113 g/mol. The van der Waals surface area contributed by atoms with Crippen molar-refractivity contribution in [3.05, 3.63) is 24.4 Å². The first-order valence-corrected chi connectivity index (χ1v) is 2.31. The summed E-state index contributed by atoms with van der Waals surface area (Å²) in [6.07, 6.45) is 3.16. The van der Waals surface area contributed by atoms with Crippen molar-refractivity contribution in [1.82, 2.24) is 0 Å². The molecule has 0 bridgehead atoms. The van der Waals surface area contributed by atoms with E-state index in [0.29, 0.717) is 5.70 Å². The van der Waals surface area contributed by atoms with Gasteiger partial charge in [0.05, 0.1) is 0 Å². The maximum Gasteiger partial charge on any atom is 0.0316 e. The molecular formula is C5H7NS. The molecule has 0 spiro atoms. The van der Waals surface area contributed by atoms with Gasteiger partial charge in [0.2, 0.25) is 0 Å². The van der Waals surface area contributed by atoms with Gasteiger partial charge in [-0.15, -0.1) is 0 Å². The minimum atomic E-state index is 0.606. The van der Waals surface area contributed by atoms with E-state index < -0.39 is 0 Å². The van der Waals surface area contributed by atoms with Gasteiger partial charge in [-0.05, 0) is 12.2 Å². The zero-order valence-corrected chi connectivity index (χ0v) is 4.74. The van der Waals surface area contributed by atoms with Gasteiger partial charge >= 0.3 is 0 Å². The van der Waals surface area contributed by atoms with Crippen LogP contribution in [0.4, 0.5) is 0 Å². The Morgan fingerprint density at radius 3 is 2.43 bits per heavy atom. The first-order chi connectivity index (χ1) is 3.31. The molecule has 0 aliphatic rings. The second-order valence-electron chi connectivity index (χ2n) is 1.01. The van der Waals surface area contributed by atoms with Crippen LogP contribution in [0.2, 0.25) is 0 Å². The van der Waals surface area contributed by atoms with E-state index in [2.05, 4.69) is 18.8 Å². The van der Waals surface area contributed by atoms with Crippen LogP contribution in [0.15, 0.2) is 24.4 Å². The van der Waals surface area contributed by atoms with Gasteiger partial charge in [-0.1, -0.05) is 18.8 Å². The van der Waals surface area contributed by atoms with Gasteiger partial charge in [-0.25, -0.2) is 0 Å². The van der Waals surface area contributed by atoms with E-state index in [1.165, 1.54) is 5.37 Å². The van der Waals surface area contributed by atoms with Crippen LogP contribution in [0, 0.1) is 0 Å². The van der Waals surface area contributed by atoms with Crippen molar-refractivity contribution in [2.45, 2.75) is 0 Å². The van der Waals surface area contributed by atoms with Crippen molar-refractivity contribution in [2.75, 3.05) is 0 Å². The summed E-state index contributed by atoms with van der Waals surface area (Å²) in [5.41, 5.74) is 5.84. The number of nitrogens with two attached hydrogens (primary N) is 1. The van der Waals surface area contributed by atoms with Crippen molar-refractivity contribution < 1.29 is 0 Å². The lowest BCUT2D eigenvalue weighted by Gasteiger charge is -1.81. The van der Waals surface area contributed by atoms with Crippen LogP contribution >= 0.6 is 12.2 Å². The van der Waals surface area contributed by atoms with Crippen LogP contribution in [-0.2, 0) is 0 Å². The SMILES string of the molecule is C=C/C(N)=C\C=S. The minimum Gasteiger partial charge on any atom is -0.399 e. The second-order valence-corrected chi connectivity index (χ2v) is 1.28. The molecule has 0 aromatic rings. The Kier molecular flexibility index (Phi) is 3.24. The molecule has 0 atom stereocenters. The largest absolute Gasteiger partial charge is 0.399 e. The monoisotopic (exact) mass is 113 g/mol. The molecule has 7 heavy (non-hydrogen) atoms. The number of thiocarbonyl (C=S) groups is 1. The Bertz CT molecular complexity index is 105. The van der Waals surface area contributed by atoms with Crippen molar-refractivity contribution >= 4 is 17.6 Å². The lowest BCUT2D eigenvalue weighted by Crippen LogP contribution is -1.90. The standard InChI is InChI=1S/C5H7NS/c1-2-5(6)3-4-7/h2-4H,1,6H2/b5-3+. The first kappa shape index (κ1) is 6.37. The maximum atomic E-state index is 5.23. The molecule has 0 aromatic heterocycles. The Balaban J connectivity index is 3.72. The number of hydrogen-bond acceptors (Lipinski definition) is 2. The van der Waals surface area contributed by atoms with E-state index in [9.17, 15) is 0 Å². The predicted octanol–water partition coefficient (Wildman–Crippen LogP) is 1.01. The summed E-state index contributed by atoms with van der Waals surface area (Å²) in [4.78, 5) is 0. The van der Waals surface area contributed by atoms with Gasteiger partial charge in [0.1, 0.15) is 0 Å². The van der Waals surface area contributed by atoms with Crippen molar-refractivity contribution in [2.24, 2.45) is 5.73 Å². The van der Waals surface area contributed by atoms with Gasteiger partial charge in [-0.3, -0.25) is 0 Å². The van der Waals surface area contributed by atoms with Crippen LogP contribution in [0.1, 0.15) is 0 Å². The molecule has 0 radical (unpaired) electrons. The molecule has 38 valence electrons. The van der Waals surface area contributed by atoms with Crippen LogP contribution in [0.25, 0.3) is 0 Å². The molecule has 2 heteroatoms. The van der Waals surface area contributed by atoms with Crippen LogP contribution in [-0.4, -0.2) is 5.37 Å². The molecule has 0 aliphatic heterocycles. The van der Waals surface area contributed by atoms with Gasteiger partial charge in [-0.2, -0.15) is 0 Å². The van der Waals surface area contributed by atoms with Crippen molar-refractivity contribution in [1.29, 1.82) is 0 Å². The highest BCUT2D eigenvalue weighted by molar-refractivity contribution is 7.79. The molecule has 0 rings (SSSR count). The van der Waals surface area contributed by atoms with Gasteiger partial charge < -0.3 is 5.73 Å². The molecule has 0 saturated carbocycles. The third kappa shape index (κ3) is 3.19. The highest BCUT2D eigenvalue weighted by Gasteiger charge is 1.69. The van der Waals surface area contributed by atoms with Gasteiger partial charge in [0, 0.05) is 11.1 Å². The first-order valence-electron chi connectivity index (χ1n) is 1.84. The normalized spacial score (nSPS) is 10.6. The number of allylic oxidation sites excluding steroid dienone is 2. The van der Waals surface area contributed by atoms with Crippen molar-refractivity contribution in [3.8, 4) is 0 Å². The van der Waals surface area contributed by atoms with Crippen molar-refractivity contribution in [3.63, 3.8) is 0 Å². The quantitative estimate of drug-likeness (QED) is 0.328. The maximum absolute atomic E-state index is 5.23. The summed E-state index contributed by atoms with van der Waals surface area (Å²) in [5.74, 6) is 0. The van der Waals surface area contributed by atoms with E-state index >= 15 is 0 Å². The fraction of sp³-hybridized carbons (Fsp3) is 0. The second kappa shape index (κ2) is 3.56. The summed E-state index contributed by atoms with van der Waals surface area (Å²) in [6.45, 7) is 3.42. The predicted molar refractivity (Wildman–Crippen MR) is 36.1 cm³/mol. The molecule has 0 amide bonds. The summed E-state index contributed by atoms with van der Waals surface area (Å²) in [6, 6.07) is 0.